The summed E-state index contributed by atoms with van der Waals surface area (Å²) in [7, 11) is 0. The smallest absolute Gasteiger partial charge is 0.207 e. The van der Waals surface area contributed by atoms with E-state index >= 15 is 0 Å². The molecule has 0 aliphatic heterocycles. The van der Waals surface area contributed by atoms with Crippen molar-refractivity contribution >= 4 is 33.0 Å². The molecule has 0 bridgehead atoms. The molecule has 0 unspecified atom stereocenters. The number of fused-ring (bicyclic) bond motifs is 1. The zero-order valence-electron chi connectivity index (χ0n) is 6.73. The van der Waals surface area contributed by atoms with Gasteiger partial charge in [-0.2, -0.15) is 0 Å². The van der Waals surface area contributed by atoms with Gasteiger partial charge in [-0.1, -0.05) is 11.6 Å². The summed E-state index contributed by atoms with van der Waals surface area (Å²) in [6, 6.07) is 2.20. The molecule has 0 radical (unpaired) electrons. The lowest BCUT2D eigenvalue weighted by Crippen LogP contribution is -1.82. The molecule has 0 saturated carbocycles. The minimum absolute atomic E-state index is 0.161. The van der Waals surface area contributed by atoms with Crippen LogP contribution in [0.3, 0.4) is 0 Å². The summed E-state index contributed by atoms with van der Waals surface area (Å²) < 4.78 is 38.3. The summed E-state index contributed by atoms with van der Waals surface area (Å²) in [4.78, 5) is 0. The van der Waals surface area contributed by atoms with Gasteiger partial charge in [-0.05, 0) is 12.1 Å². The van der Waals surface area contributed by atoms with Crippen LogP contribution in [0.2, 0.25) is 5.02 Å². The highest BCUT2D eigenvalue weighted by Gasteiger charge is 2.15. The standard InChI is InChI=1S/C9H4ClF3S/c10-7-2-4(11)1-5-6(9(12)13)3-14-8(5)7/h1-3,9H. The van der Waals surface area contributed by atoms with E-state index in [9.17, 15) is 13.2 Å². The molecule has 2 rings (SSSR count). The van der Waals surface area contributed by atoms with E-state index < -0.39 is 12.2 Å². The zero-order valence-corrected chi connectivity index (χ0v) is 8.30. The van der Waals surface area contributed by atoms with Crippen molar-refractivity contribution in [1.82, 2.24) is 0 Å². The van der Waals surface area contributed by atoms with Gasteiger partial charge in [-0.25, -0.2) is 13.2 Å². The molecule has 5 heteroatoms. The molecule has 0 amide bonds. The molecule has 0 saturated heterocycles. The van der Waals surface area contributed by atoms with Crippen LogP contribution in [-0.4, -0.2) is 0 Å². The molecule has 0 aliphatic rings. The third kappa shape index (κ3) is 1.48. The SMILES string of the molecule is Fc1cc(Cl)c2scc(C(F)F)c2c1. The number of alkyl halides is 2. The molecule has 74 valence electrons. The third-order valence-corrected chi connectivity index (χ3v) is 3.32. The van der Waals surface area contributed by atoms with E-state index in [2.05, 4.69) is 0 Å². The second-order valence-corrected chi connectivity index (χ2v) is 4.04. The fourth-order valence-electron chi connectivity index (χ4n) is 1.25. The van der Waals surface area contributed by atoms with Gasteiger partial charge in [0.2, 0.25) is 0 Å². The maximum Gasteiger partial charge on any atom is 0.265 e. The maximum absolute atomic E-state index is 12.9. The number of benzene rings is 1. The fourth-order valence-corrected chi connectivity index (χ4v) is 2.54. The van der Waals surface area contributed by atoms with E-state index in [1.165, 1.54) is 5.38 Å². The van der Waals surface area contributed by atoms with E-state index in [0.29, 0.717) is 4.70 Å². The molecule has 1 aromatic heterocycles. The van der Waals surface area contributed by atoms with Crippen LogP contribution in [0, 0.1) is 5.82 Å². The van der Waals surface area contributed by atoms with Crippen LogP contribution >= 0.6 is 22.9 Å². The van der Waals surface area contributed by atoms with Gasteiger partial charge in [0, 0.05) is 16.3 Å². The summed E-state index contributed by atoms with van der Waals surface area (Å²) >= 11 is 6.80. The van der Waals surface area contributed by atoms with Gasteiger partial charge >= 0.3 is 0 Å². The van der Waals surface area contributed by atoms with E-state index in [-0.39, 0.29) is 16.0 Å². The average Bonchev–Trinajstić information content (AvgIpc) is 2.47. The second-order valence-electron chi connectivity index (χ2n) is 2.76. The Balaban J connectivity index is 2.78. The van der Waals surface area contributed by atoms with Crippen molar-refractivity contribution in [1.29, 1.82) is 0 Å². The molecule has 1 heterocycles. The molecular formula is C9H4ClF3S. The highest BCUT2D eigenvalue weighted by atomic mass is 35.5. The number of thiophene rings is 1. The largest absolute Gasteiger partial charge is 0.265 e. The summed E-state index contributed by atoms with van der Waals surface area (Å²) in [5.41, 5.74) is -0.161. The highest BCUT2D eigenvalue weighted by molar-refractivity contribution is 7.18. The van der Waals surface area contributed by atoms with E-state index in [0.717, 1.165) is 23.5 Å². The Hall–Kier alpha value is -0.740. The zero-order chi connectivity index (χ0) is 10.3. The number of hydrogen-bond donors (Lipinski definition) is 0. The predicted molar refractivity (Wildman–Crippen MR) is 51.8 cm³/mol. The molecule has 0 fully saturated rings. The van der Waals surface area contributed by atoms with Crippen LogP contribution < -0.4 is 0 Å². The van der Waals surface area contributed by atoms with Gasteiger partial charge in [0.15, 0.2) is 0 Å². The molecule has 1 aromatic carbocycles. The topological polar surface area (TPSA) is 0 Å². The normalized spacial score (nSPS) is 11.5. The highest BCUT2D eigenvalue weighted by Crippen LogP contribution is 2.37. The Bertz CT molecular complexity index is 478. The van der Waals surface area contributed by atoms with Crippen molar-refractivity contribution in [3.63, 3.8) is 0 Å². The quantitative estimate of drug-likeness (QED) is 0.677. The average molecular weight is 237 g/mol. The predicted octanol–water partition coefficient (Wildman–Crippen LogP) is 4.63. The minimum Gasteiger partial charge on any atom is -0.207 e. The van der Waals surface area contributed by atoms with E-state index in [4.69, 9.17) is 11.6 Å². The van der Waals surface area contributed by atoms with Crippen LogP contribution in [0.5, 0.6) is 0 Å². The van der Waals surface area contributed by atoms with Crippen LogP contribution in [0.25, 0.3) is 10.1 Å². The van der Waals surface area contributed by atoms with Crippen molar-refractivity contribution in [3.05, 3.63) is 33.9 Å². The summed E-state index contributed by atoms with van der Waals surface area (Å²) in [5, 5.41) is 1.69. The lowest BCUT2D eigenvalue weighted by Gasteiger charge is -1.98. The molecule has 0 nitrogen and oxygen atoms in total. The number of hydrogen-bond acceptors (Lipinski definition) is 1. The van der Waals surface area contributed by atoms with Crippen molar-refractivity contribution in [2.45, 2.75) is 6.43 Å². The third-order valence-electron chi connectivity index (χ3n) is 1.86. The first-order valence-electron chi connectivity index (χ1n) is 3.74. The number of halogens is 4. The Kier molecular flexibility index (Phi) is 2.41. The Labute approximate surface area is 86.9 Å². The molecule has 0 atom stereocenters. The summed E-state index contributed by atoms with van der Waals surface area (Å²) in [5.74, 6) is -0.595. The first-order valence-corrected chi connectivity index (χ1v) is 4.99. The van der Waals surface area contributed by atoms with Crippen molar-refractivity contribution in [3.8, 4) is 0 Å². The van der Waals surface area contributed by atoms with Gasteiger partial charge in [-0.3, -0.25) is 0 Å². The Morgan fingerprint density at radius 1 is 1.29 bits per heavy atom. The van der Waals surface area contributed by atoms with Crippen LogP contribution in [0.4, 0.5) is 13.2 Å². The monoisotopic (exact) mass is 236 g/mol. The first kappa shape index (κ1) is 9.80. The Morgan fingerprint density at radius 2 is 2.00 bits per heavy atom. The lowest BCUT2D eigenvalue weighted by atomic mass is 10.2. The fraction of sp³-hybridized carbons (Fsp3) is 0.111. The summed E-state index contributed by atoms with van der Waals surface area (Å²) in [6.45, 7) is 0. The number of rotatable bonds is 1. The second kappa shape index (κ2) is 3.44. The molecular weight excluding hydrogens is 233 g/mol. The minimum atomic E-state index is -2.60. The van der Waals surface area contributed by atoms with E-state index in [1.807, 2.05) is 0 Å². The lowest BCUT2D eigenvalue weighted by molar-refractivity contribution is 0.153. The summed E-state index contributed by atoms with van der Waals surface area (Å²) in [6.07, 6.45) is -2.60. The van der Waals surface area contributed by atoms with Crippen molar-refractivity contribution < 1.29 is 13.2 Å². The van der Waals surface area contributed by atoms with Crippen LogP contribution in [-0.2, 0) is 0 Å². The van der Waals surface area contributed by atoms with Crippen molar-refractivity contribution in [2.75, 3.05) is 0 Å². The Morgan fingerprint density at radius 3 is 2.64 bits per heavy atom. The van der Waals surface area contributed by atoms with Crippen molar-refractivity contribution in [2.24, 2.45) is 0 Å². The van der Waals surface area contributed by atoms with Crippen LogP contribution in [0.15, 0.2) is 17.5 Å². The molecule has 14 heavy (non-hydrogen) atoms. The molecule has 0 spiro atoms. The molecule has 2 aromatic rings. The molecule has 0 N–H and O–H groups in total. The van der Waals surface area contributed by atoms with Gasteiger partial charge in [0.05, 0.1) is 9.72 Å². The van der Waals surface area contributed by atoms with Gasteiger partial charge in [-0.15, -0.1) is 11.3 Å². The first-order chi connectivity index (χ1) is 6.59. The molecule has 0 aliphatic carbocycles. The van der Waals surface area contributed by atoms with Gasteiger partial charge in [0.25, 0.3) is 6.43 Å². The van der Waals surface area contributed by atoms with E-state index in [1.54, 1.807) is 0 Å². The van der Waals surface area contributed by atoms with Crippen LogP contribution in [0.1, 0.15) is 12.0 Å². The van der Waals surface area contributed by atoms with Gasteiger partial charge < -0.3 is 0 Å². The maximum atomic E-state index is 12.9. The van der Waals surface area contributed by atoms with Gasteiger partial charge in [0.1, 0.15) is 5.82 Å².